The molecular formula is C12H13FO2S. The molecule has 1 aromatic rings. The number of hydrogen-bond donors (Lipinski definition) is 1. The van der Waals surface area contributed by atoms with Crippen molar-refractivity contribution in [2.24, 2.45) is 5.92 Å². The predicted octanol–water partition coefficient (Wildman–Crippen LogP) is 3.42. The molecule has 2 rings (SSSR count). The summed E-state index contributed by atoms with van der Waals surface area (Å²) in [6.45, 7) is 0. The zero-order valence-electron chi connectivity index (χ0n) is 8.78. The molecule has 0 radical (unpaired) electrons. The molecule has 0 aromatic heterocycles. The molecule has 86 valence electrons. The standard InChI is InChI=1S/C12H13FO2S/c13-11-4-3-9(7-10(11)12(14)15)16-6-5-8-1-2-8/h3-4,7-8H,1-2,5-6H2,(H,14,15). The number of carboxylic acid groups (broad SMARTS) is 1. The molecule has 0 spiro atoms. The fourth-order valence-electron chi connectivity index (χ4n) is 1.51. The highest BCUT2D eigenvalue weighted by molar-refractivity contribution is 7.99. The molecule has 0 atom stereocenters. The van der Waals surface area contributed by atoms with E-state index in [-0.39, 0.29) is 5.56 Å². The molecule has 0 aliphatic heterocycles. The van der Waals surface area contributed by atoms with Crippen LogP contribution in [0.2, 0.25) is 0 Å². The van der Waals surface area contributed by atoms with Crippen LogP contribution < -0.4 is 0 Å². The van der Waals surface area contributed by atoms with Crippen molar-refractivity contribution in [3.63, 3.8) is 0 Å². The van der Waals surface area contributed by atoms with E-state index in [1.165, 1.54) is 31.4 Å². The Kier molecular flexibility index (Phi) is 3.49. The van der Waals surface area contributed by atoms with E-state index in [1.54, 1.807) is 17.8 Å². The molecule has 1 aliphatic rings. The molecule has 1 N–H and O–H groups in total. The van der Waals surface area contributed by atoms with Crippen molar-refractivity contribution in [2.45, 2.75) is 24.2 Å². The summed E-state index contributed by atoms with van der Waals surface area (Å²) in [6.07, 6.45) is 3.82. The first kappa shape index (κ1) is 11.5. The van der Waals surface area contributed by atoms with Gasteiger partial charge in [0.25, 0.3) is 0 Å². The SMILES string of the molecule is O=C(O)c1cc(SCCC2CC2)ccc1F. The minimum atomic E-state index is -1.21. The smallest absolute Gasteiger partial charge is 0.338 e. The topological polar surface area (TPSA) is 37.3 Å². The van der Waals surface area contributed by atoms with Crippen LogP contribution in [-0.4, -0.2) is 16.8 Å². The summed E-state index contributed by atoms with van der Waals surface area (Å²) in [7, 11) is 0. The zero-order chi connectivity index (χ0) is 11.5. The number of carbonyl (C=O) groups is 1. The van der Waals surface area contributed by atoms with Crippen LogP contribution >= 0.6 is 11.8 Å². The van der Waals surface area contributed by atoms with Crippen LogP contribution in [0.1, 0.15) is 29.6 Å². The third-order valence-corrected chi connectivity index (χ3v) is 3.69. The first-order valence-electron chi connectivity index (χ1n) is 5.32. The number of halogens is 1. The van der Waals surface area contributed by atoms with Gasteiger partial charge in [-0.05, 0) is 36.3 Å². The predicted molar refractivity (Wildman–Crippen MR) is 61.4 cm³/mol. The van der Waals surface area contributed by atoms with Crippen LogP contribution in [0.5, 0.6) is 0 Å². The van der Waals surface area contributed by atoms with E-state index in [4.69, 9.17) is 5.11 Å². The van der Waals surface area contributed by atoms with E-state index < -0.39 is 11.8 Å². The molecule has 1 aliphatic carbocycles. The summed E-state index contributed by atoms with van der Waals surface area (Å²) in [5.41, 5.74) is -0.239. The van der Waals surface area contributed by atoms with Crippen LogP contribution in [-0.2, 0) is 0 Å². The fraction of sp³-hybridized carbons (Fsp3) is 0.417. The Morgan fingerprint density at radius 1 is 1.50 bits per heavy atom. The summed E-state index contributed by atoms with van der Waals surface area (Å²) in [4.78, 5) is 11.5. The Morgan fingerprint density at radius 3 is 2.88 bits per heavy atom. The molecule has 1 aromatic carbocycles. The van der Waals surface area contributed by atoms with E-state index in [9.17, 15) is 9.18 Å². The van der Waals surface area contributed by atoms with Gasteiger partial charge in [0.15, 0.2) is 0 Å². The molecule has 0 bridgehead atoms. The van der Waals surface area contributed by atoms with Crippen molar-refractivity contribution in [3.8, 4) is 0 Å². The third kappa shape index (κ3) is 2.98. The van der Waals surface area contributed by atoms with Gasteiger partial charge in [0.2, 0.25) is 0 Å². The largest absolute Gasteiger partial charge is 0.478 e. The molecule has 0 heterocycles. The van der Waals surface area contributed by atoms with Gasteiger partial charge in [-0.3, -0.25) is 0 Å². The van der Waals surface area contributed by atoms with Gasteiger partial charge in [0, 0.05) is 4.90 Å². The van der Waals surface area contributed by atoms with Crippen LogP contribution in [0.15, 0.2) is 23.1 Å². The maximum atomic E-state index is 13.1. The Morgan fingerprint density at radius 2 is 2.25 bits per heavy atom. The normalized spacial score (nSPS) is 15.1. The summed E-state index contributed by atoms with van der Waals surface area (Å²) < 4.78 is 13.1. The number of thioether (sulfide) groups is 1. The van der Waals surface area contributed by atoms with Gasteiger partial charge in [0.1, 0.15) is 5.82 Å². The molecule has 2 nitrogen and oxygen atoms in total. The molecule has 1 saturated carbocycles. The number of rotatable bonds is 5. The van der Waals surface area contributed by atoms with Crippen molar-refractivity contribution >= 4 is 17.7 Å². The lowest BCUT2D eigenvalue weighted by molar-refractivity contribution is 0.0691. The number of hydrogen-bond acceptors (Lipinski definition) is 2. The highest BCUT2D eigenvalue weighted by Crippen LogP contribution is 2.34. The second-order valence-corrected chi connectivity index (χ2v) is 5.20. The van der Waals surface area contributed by atoms with Gasteiger partial charge in [-0.25, -0.2) is 9.18 Å². The molecular weight excluding hydrogens is 227 g/mol. The van der Waals surface area contributed by atoms with Crippen LogP contribution in [0.4, 0.5) is 4.39 Å². The second kappa shape index (κ2) is 4.87. The van der Waals surface area contributed by atoms with Crippen molar-refractivity contribution in [1.29, 1.82) is 0 Å². The zero-order valence-corrected chi connectivity index (χ0v) is 9.60. The van der Waals surface area contributed by atoms with Gasteiger partial charge in [-0.15, -0.1) is 11.8 Å². The Labute approximate surface area is 97.9 Å². The highest BCUT2D eigenvalue weighted by atomic mass is 32.2. The Bertz CT molecular complexity index is 402. The van der Waals surface area contributed by atoms with Crippen molar-refractivity contribution in [1.82, 2.24) is 0 Å². The summed E-state index contributed by atoms with van der Waals surface area (Å²) in [5.74, 6) is -0.0249. The second-order valence-electron chi connectivity index (χ2n) is 4.03. The van der Waals surface area contributed by atoms with Crippen molar-refractivity contribution in [2.75, 3.05) is 5.75 Å². The molecule has 1 fully saturated rings. The Hall–Kier alpha value is -1.03. The first-order chi connectivity index (χ1) is 7.66. The van der Waals surface area contributed by atoms with Crippen molar-refractivity contribution < 1.29 is 14.3 Å². The van der Waals surface area contributed by atoms with Crippen LogP contribution in [0.25, 0.3) is 0 Å². The minimum Gasteiger partial charge on any atom is -0.478 e. The van der Waals surface area contributed by atoms with E-state index in [0.29, 0.717) is 0 Å². The van der Waals surface area contributed by atoms with Crippen molar-refractivity contribution in [3.05, 3.63) is 29.6 Å². The summed E-state index contributed by atoms with van der Waals surface area (Å²) >= 11 is 1.60. The molecule has 0 amide bonds. The van der Waals surface area contributed by atoms with Gasteiger partial charge in [-0.2, -0.15) is 0 Å². The van der Waals surface area contributed by atoms with E-state index >= 15 is 0 Å². The fourth-order valence-corrected chi connectivity index (χ4v) is 2.56. The minimum absolute atomic E-state index is 0.239. The monoisotopic (exact) mass is 240 g/mol. The maximum absolute atomic E-state index is 13.1. The van der Waals surface area contributed by atoms with Gasteiger partial charge in [0.05, 0.1) is 5.56 Å². The van der Waals surface area contributed by atoms with E-state index in [2.05, 4.69) is 0 Å². The molecule has 4 heteroatoms. The molecule has 0 unspecified atom stereocenters. The van der Waals surface area contributed by atoms with Crippen LogP contribution in [0, 0.1) is 11.7 Å². The maximum Gasteiger partial charge on any atom is 0.338 e. The first-order valence-corrected chi connectivity index (χ1v) is 6.31. The number of carboxylic acids is 1. The quantitative estimate of drug-likeness (QED) is 0.801. The summed E-state index contributed by atoms with van der Waals surface area (Å²) in [6, 6.07) is 4.28. The van der Waals surface area contributed by atoms with E-state index in [1.807, 2.05) is 0 Å². The lowest BCUT2D eigenvalue weighted by Crippen LogP contribution is -2.00. The average Bonchev–Trinajstić information content (AvgIpc) is 3.04. The molecule has 16 heavy (non-hydrogen) atoms. The van der Waals surface area contributed by atoms with Gasteiger partial charge >= 0.3 is 5.97 Å². The molecule has 0 saturated heterocycles. The lowest BCUT2D eigenvalue weighted by Gasteiger charge is -2.03. The third-order valence-electron chi connectivity index (χ3n) is 2.66. The number of aromatic carboxylic acids is 1. The van der Waals surface area contributed by atoms with Crippen LogP contribution in [0.3, 0.4) is 0 Å². The summed E-state index contributed by atoms with van der Waals surface area (Å²) in [5, 5.41) is 8.76. The van der Waals surface area contributed by atoms with Gasteiger partial charge in [-0.1, -0.05) is 12.8 Å². The average molecular weight is 240 g/mol. The lowest BCUT2D eigenvalue weighted by atomic mass is 10.2. The van der Waals surface area contributed by atoms with E-state index in [0.717, 1.165) is 16.6 Å². The number of benzene rings is 1. The Balaban J connectivity index is 1.97. The highest BCUT2D eigenvalue weighted by Gasteiger charge is 2.20. The van der Waals surface area contributed by atoms with Gasteiger partial charge < -0.3 is 5.11 Å².